The van der Waals surface area contributed by atoms with E-state index < -0.39 is 0 Å². The summed E-state index contributed by atoms with van der Waals surface area (Å²) in [5.74, 6) is 0.913. The van der Waals surface area contributed by atoms with Crippen molar-refractivity contribution in [3.05, 3.63) is 16.1 Å². The molecule has 16 heavy (non-hydrogen) atoms. The van der Waals surface area contributed by atoms with Gasteiger partial charge in [0.2, 0.25) is 0 Å². The van der Waals surface area contributed by atoms with E-state index in [-0.39, 0.29) is 0 Å². The number of nitrogens with zero attached hydrogens (tertiary/aromatic N) is 3. The van der Waals surface area contributed by atoms with Gasteiger partial charge in [0.15, 0.2) is 5.82 Å². The van der Waals surface area contributed by atoms with Crippen LogP contribution in [0.1, 0.15) is 33.1 Å². The molecule has 0 bridgehead atoms. The molecule has 0 amide bonds. The Morgan fingerprint density at radius 1 is 1.38 bits per heavy atom. The SMILES string of the molecule is CC1CCCC(C)N1Nc1ncncc1I. The van der Waals surface area contributed by atoms with E-state index in [0.29, 0.717) is 12.1 Å². The Bertz CT molecular complexity index is 348. The fraction of sp³-hybridized carbons (Fsp3) is 0.636. The number of piperidine rings is 1. The van der Waals surface area contributed by atoms with Gasteiger partial charge in [0, 0.05) is 18.3 Å². The average molecular weight is 332 g/mol. The predicted molar refractivity (Wildman–Crippen MR) is 73.0 cm³/mol. The van der Waals surface area contributed by atoms with Crippen molar-refractivity contribution in [3.8, 4) is 0 Å². The Labute approximate surface area is 110 Å². The van der Waals surface area contributed by atoms with Gasteiger partial charge in [0.1, 0.15) is 6.33 Å². The Hall–Kier alpha value is -0.430. The highest BCUT2D eigenvalue weighted by atomic mass is 127. The Balaban J connectivity index is 2.11. The van der Waals surface area contributed by atoms with Gasteiger partial charge in [-0.1, -0.05) is 6.42 Å². The number of hydrogen-bond donors (Lipinski definition) is 1. The summed E-state index contributed by atoms with van der Waals surface area (Å²) < 4.78 is 1.06. The number of halogens is 1. The monoisotopic (exact) mass is 332 g/mol. The number of nitrogens with one attached hydrogen (secondary N) is 1. The molecule has 1 fully saturated rings. The topological polar surface area (TPSA) is 41.0 Å². The highest BCUT2D eigenvalue weighted by Gasteiger charge is 2.25. The average Bonchev–Trinajstić information content (AvgIpc) is 2.26. The lowest BCUT2D eigenvalue weighted by Gasteiger charge is -2.39. The van der Waals surface area contributed by atoms with Crippen LogP contribution < -0.4 is 5.43 Å². The molecule has 0 aliphatic carbocycles. The largest absolute Gasteiger partial charge is 0.302 e. The van der Waals surface area contributed by atoms with E-state index in [1.54, 1.807) is 6.33 Å². The molecule has 1 aromatic heterocycles. The molecule has 2 rings (SSSR count). The molecule has 0 saturated carbocycles. The third kappa shape index (κ3) is 2.63. The number of anilines is 1. The zero-order valence-corrected chi connectivity index (χ0v) is 11.8. The summed E-state index contributed by atoms with van der Waals surface area (Å²) in [4.78, 5) is 8.27. The highest BCUT2D eigenvalue weighted by Crippen LogP contribution is 2.24. The van der Waals surface area contributed by atoms with Crippen LogP contribution >= 0.6 is 22.6 Å². The predicted octanol–water partition coefficient (Wildman–Crippen LogP) is 2.67. The Morgan fingerprint density at radius 3 is 2.69 bits per heavy atom. The molecular formula is C11H17IN4. The number of hydrazine groups is 1. The molecule has 4 nitrogen and oxygen atoms in total. The van der Waals surface area contributed by atoms with E-state index >= 15 is 0 Å². The second kappa shape index (κ2) is 5.27. The zero-order valence-electron chi connectivity index (χ0n) is 9.65. The summed E-state index contributed by atoms with van der Waals surface area (Å²) in [5, 5.41) is 2.31. The minimum atomic E-state index is 0.564. The van der Waals surface area contributed by atoms with Crippen LogP contribution in [-0.4, -0.2) is 27.1 Å². The van der Waals surface area contributed by atoms with Crippen LogP contribution in [-0.2, 0) is 0 Å². The summed E-state index contributed by atoms with van der Waals surface area (Å²) in [7, 11) is 0. The smallest absolute Gasteiger partial charge is 0.157 e. The summed E-state index contributed by atoms with van der Waals surface area (Å²) in [5.41, 5.74) is 3.42. The molecule has 2 unspecified atom stereocenters. The van der Waals surface area contributed by atoms with Gasteiger partial charge in [-0.05, 0) is 49.3 Å². The van der Waals surface area contributed by atoms with Gasteiger partial charge in [-0.3, -0.25) is 0 Å². The molecule has 1 aromatic rings. The fourth-order valence-electron chi connectivity index (χ4n) is 2.16. The minimum absolute atomic E-state index is 0.564. The first-order valence-electron chi connectivity index (χ1n) is 5.69. The van der Waals surface area contributed by atoms with Crippen LogP contribution in [0.4, 0.5) is 5.82 Å². The van der Waals surface area contributed by atoms with Gasteiger partial charge in [-0.2, -0.15) is 0 Å². The van der Waals surface area contributed by atoms with Crippen LogP contribution in [0, 0.1) is 3.57 Å². The summed E-state index contributed by atoms with van der Waals surface area (Å²) in [6.45, 7) is 4.52. The van der Waals surface area contributed by atoms with Crippen LogP contribution in [0.5, 0.6) is 0 Å². The summed E-state index contributed by atoms with van der Waals surface area (Å²) >= 11 is 2.26. The standard InChI is InChI=1S/C11H17IN4/c1-8-4-3-5-9(2)16(8)15-11-10(12)6-13-7-14-11/h6-9H,3-5H2,1-2H3,(H,13,14,15). The molecular weight excluding hydrogens is 315 g/mol. The first kappa shape index (κ1) is 12.0. The fourth-order valence-corrected chi connectivity index (χ4v) is 2.58. The molecule has 2 heterocycles. The first-order chi connectivity index (χ1) is 7.68. The van der Waals surface area contributed by atoms with Gasteiger partial charge >= 0.3 is 0 Å². The van der Waals surface area contributed by atoms with E-state index in [1.165, 1.54) is 19.3 Å². The maximum Gasteiger partial charge on any atom is 0.157 e. The van der Waals surface area contributed by atoms with Gasteiger partial charge in [0.05, 0.1) is 3.57 Å². The second-order valence-corrected chi connectivity index (χ2v) is 5.53. The molecule has 0 spiro atoms. The van der Waals surface area contributed by atoms with Crippen molar-refractivity contribution >= 4 is 28.4 Å². The van der Waals surface area contributed by atoms with E-state index in [4.69, 9.17) is 0 Å². The second-order valence-electron chi connectivity index (χ2n) is 4.37. The van der Waals surface area contributed by atoms with Crippen molar-refractivity contribution in [2.75, 3.05) is 5.43 Å². The highest BCUT2D eigenvalue weighted by molar-refractivity contribution is 14.1. The molecule has 1 aliphatic rings. The van der Waals surface area contributed by atoms with Crippen molar-refractivity contribution in [1.29, 1.82) is 0 Å². The van der Waals surface area contributed by atoms with Gasteiger partial charge in [0.25, 0.3) is 0 Å². The lowest BCUT2D eigenvalue weighted by molar-refractivity contribution is 0.135. The van der Waals surface area contributed by atoms with Gasteiger partial charge < -0.3 is 5.43 Å². The van der Waals surface area contributed by atoms with Crippen LogP contribution in [0.15, 0.2) is 12.5 Å². The zero-order chi connectivity index (χ0) is 11.5. The molecule has 0 aromatic carbocycles. The van der Waals surface area contributed by atoms with Crippen molar-refractivity contribution < 1.29 is 0 Å². The maximum atomic E-state index is 4.27. The molecule has 5 heteroatoms. The van der Waals surface area contributed by atoms with E-state index in [2.05, 4.69) is 56.8 Å². The van der Waals surface area contributed by atoms with Crippen molar-refractivity contribution in [1.82, 2.24) is 15.0 Å². The Morgan fingerprint density at radius 2 is 2.06 bits per heavy atom. The number of hydrogen-bond acceptors (Lipinski definition) is 4. The quantitative estimate of drug-likeness (QED) is 0.846. The summed E-state index contributed by atoms with van der Waals surface area (Å²) in [6.07, 6.45) is 7.23. The lowest BCUT2D eigenvalue weighted by Crippen LogP contribution is -2.47. The van der Waals surface area contributed by atoms with Crippen molar-refractivity contribution in [2.24, 2.45) is 0 Å². The number of aromatic nitrogens is 2. The van der Waals surface area contributed by atoms with E-state index in [0.717, 1.165) is 9.39 Å². The third-order valence-corrected chi connectivity index (χ3v) is 3.89. The van der Waals surface area contributed by atoms with Crippen LogP contribution in [0.2, 0.25) is 0 Å². The van der Waals surface area contributed by atoms with E-state index in [9.17, 15) is 0 Å². The van der Waals surface area contributed by atoms with Crippen LogP contribution in [0.25, 0.3) is 0 Å². The lowest BCUT2D eigenvalue weighted by atomic mass is 10.00. The molecule has 0 radical (unpaired) electrons. The molecule has 1 aliphatic heterocycles. The van der Waals surface area contributed by atoms with Gasteiger partial charge in [-0.15, -0.1) is 0 Å². The van der Waals surface area contributed by atoms with Crippen molar-refractivity contribution in [3.63, 3.8) is 0 Å². The Kier molecular flexibility index (Phi) is 3.96. The maximum absolute atomic E-state index is 4.27. The van der Waals surface area contributed by atoms with Crippen molar-refractivity contribution in [2.45, 2.75) is 45.2 Å². The minimum Gasteiger partial charge on any atom is -0.302 e. The number of rotatable bonds is 2. The third-order valence-electron chi connectivity index (χ3n) is 3.10. The molecule has 1 saturated heterocycles. The summed E-state index contributed by atoms with van der Waals surface area (Å²) in [6, 6.07) is 1.13. The first-order valence-corrected chi connectivity index (χ1v) is 6.77. The molecule has 1 N–H and O–H groups in total. The van der Waals surface area contributed by atoms with E-state index in [1.807, 2.05) is 6.20 Å². The van der Waals surface area contributed by atoms with Crippen LogP contribution in [0.3, 0.4) is 0 Å². The van der Waals surface area contributed by atoms with Gasteiger partial charge in [-0.25, -0.2) is 15.0 Å². The molecule has 88 valence electrons. The molecule has 2 atom stereocenters. The normalized spacial score (nSPS) is 26.7.